The number of hydrogen-bond donors (Lipinski definition) is 4. The summed E-state index contributed by atoms with van der Waals surface area (Å²) in [5, 5.41) is 15.4. The Morgan fingerprint density at radius 1 is 0.967 bits per heavy atom. The first kappa shape index (κ1) is 25.6. The average Bonchev–Trinajstić information content (AvgIpc) is 2.70. The van der Waals surface area contributed by atoms with Crippen molar-refractivity contribution in [3.8, 4) is 0 Å². The molecule has 8 nitrogen and oxygen atoms in total. The first-order valence-corrected chi connectivity index (χ1v) is 10.2. The molecule has 0 aliphatic rings. The molecule has 30 heavy (non-hydrogen) atoms. The molecule has 0 radical (unpaired) electrons. The molecule has 0 bridgehead atoms. The largest absolute Gasteiger partial charge is 0.467 e. The highest BCUT2D eigenvalue weighted by molar-refractivity contribution is 5.91. The van der Waals surface area contributed by atoms with Crippen molar-refractivity contribution in [2.45, 2.75) is 71.2 Å². The summed E-state index contributed by atoms with van der Waals surface area (Å²) in [5.41, 5.74) is 7.77. The molecule has 0 aliphatic carbocycles. The maximum Gasteiger partial charge on any atom is 0.328 e. The van der Waals surface area contributed by atoms with Gasteiger partial charge in [-0.1, -0.05) is 52.0 Å². The highest BCUT2D eigenvalue weighted by Gasteiger charge is 2.29. The molecule has 0 aromatic heterocycles. The second kappa shape index (κ2) is 11.7. The van der Waals surface area contributed by atoms with Crippen molar-refractivity contribution in [2.24, 2.45) is 11.7 Å². The number of methoxy groups -OCH3 is 1. The van der Waals surface area contributed by atoms with Gasteiger partial charge in [0.25, 0.3) is 5.91 Å². The maximum absolute atomic E-state index is 12.4. The number of nitrogens with one attached hydrogen (secondary N) is 2. The van der Waals surface area contributed by atoms with Crippen LogP contribution in [-0.2, 0) is 19.1 Å². The van der Waals surface area contributed by atoms with Gasteiger partial charge in [-0.3, -0.25) is 9.59 Å². The Labute approximate surface area is 178 Å². The van der Waals surface area contributed by atoms with Crippen molar-refractivity contribution in [3.63, 3.8) is 0 Å². The van der Waals surface area contributed by atoms with Crippen LogP contribution in [0.2, 0.25) is 0 Å². The minimum atomic E-state index is -1.53. The smallest absolute Gasteiger partial charge is 0.328 e. The fraction of sp³-hybridized carbons (Fsp3) is 0.591. The summed E-state index contributed by atoms with van der Waals surface area (Å²) >= 11 is 0. The van der Waals surface area contributed by atoms with Crippen LogP contribution in [0.25, 0.3) is 0 Å². The van der Waals surface area contributed by atoms with Crippen LogP contribution >= 0.6 is 0 Å². The van der Waals surface area contributed by atoms with Gasteiger partial charge in [0.05, 0.1) is 13.2 Å². The lowest BCUT2D eigenvalue weighted by Gasteiger charge is -2.23. The van der Waals surface area contributed by atoms with Crippen LogP contribution in [0.5, 0.6) is 0 Å². The molecule has 0 saturated carbocycles. The van der Waals surface area contributed by atoms with Crippen LogP contribution < -0.4 is 16.4 Å². The number of nitrogens with two attached hydrogens (primary N) is 1. The molecule has 0 spiro atoms. The number of ether oxygens (including phenoxy) is 1. The SMILES string of the molecule is COC(=O)C(CC(C)C)NC(=O)C(C)NC(=O)C(O)C(N)c1ccc(C(C)C)cc1. The Hall–Kier alpha value is -2.45. The van der Waals surface area contributed by atoms with Gasteiger partial charge in [-0.15, -0.1) is 0 Å². The molecule has 1 aromatic carbocycles. The van der Waals surface area contributed by atoms with Crippen molar-refractivity contribution in [1.29, 1.82) is 0 Å². The van der Waals surface area contributed by atoms with Crippen LogP contribution in [0.15, 0.2) is 24.3 Å². The fourth-order valence-electron chi connectivity index (χ4n) is 2.94. The Balaban J connectivity index is 2.72. The van der Waals surface area contributed by atoms with Gasteiger partial charge in [-0.2, -0.15) is 0 Å². The first-order valence-electron chi connectivity index (χ1n) is 10.2. The zero-order valence-electron chi connectivity index (χ0n) is 18.6. The Bertz CT molecular complexity index is 718. The van der Waals surface area contributed by atoms with Gasteiger partial charge < -0.3 is 26.2 Å². The summed E-state index contributed by atoms with van der Waals surface area (Å²) in [5.74, 6) is -1.37. The number of benzene rings is 1. The Kier molecular flexibility index (Phi) is 9.95. The van der Waals surface area contributed by atoms with E-state index in [0.29, 0.717) is 17.9 Å². The molecule has 8 heteroatoms. The quantitative estimate of drug-likeness (QED) is 0.422. The lowest BCUT2D eigenvalue weighted by molar-refractivity contribution is -0.145. The third-order valence-electron chi connectivity index (χ3n) is 4.86. The number of aliphatic hydroxyl groups is 1. The summed E-state index contributed by atoms with van der Waals surface area (Å²) in [7, 11) is 1.25. The fourth-order valence-corrected chi connectivity index (χ4v) is 2.94. The molecule has 0 heterocycles. The highest BCUT2D eigenvalue weighted by atomic mass is 16.5. The lowest BCUT2D eigenvalue weighted by atomic mass is 9.97. The second-order valence-corrected chi connectivity index (χ2v) is 8.24. The molecule has 2 amide bonds. The summed E-state index contributed by atoms with van der Waals surface area (Å²) in [6.45, 7) is 9.43. The average molecular weight is 422 g/mol. The van der Waals surface area contributed by atoms with Gasteiger partial charge in [0.2, 0.25) is 5.91 Å². The molecule has 5 N–H and O–H groups in total. The predicted octanol–water partition coefficient (Wildman–Crippen LogP) is 1.38. The molecule has 1 rings (SSSR count). The maximum atomic E-state index is 12.4. The van der Waals surface area contributed by atoms with E-state index >= 15 is 0 Å². The molecule has 0 aliphatic heterocycles. The molecular formula is C22H35N3O5. The minimum absolute atomic E-state index is 0.154. The third-order valence-corrected chi connectivity index (χ3v) is 4.86. The van der Waals surface area contributed by atoms with Crippen molar-refractivity contribution in [1.82, 2.24) is 10.6 Å². The molecule has 0 saturated heterocycles. The first-order chi connectivity index (χ1) is 14.0. The number of rotatable bonds is 10. The summed E-state index contributed by atoms with van der Waals surface area (Å²) in [6, 6.07) is 4.64. The molecule has 1 aromatic rings. The molecule has 4 atom stereocenters. The van der Waals surface area contributed by atoms with Gasteiger partial charge in [0.15, 0.2) is 6.10 Å². The van der Waals surface area contributed by atoms with E-state index in [1.807, 2.05) is 26.0 Å². The number of amides is 2. The third kappa shape index (κ3) is 7.42. The van der Waals surface area contributed by atoms with Crippen LogP contribution in [0.3, 0.4) is 0 Å². The van der Waals surface area contributed by atoms with Crippen LogP contribution in [0.4, 0.5) is 0 Å². The Morgan fingerprint density at radius 2 is 1.50 bits per heavy atom. The van der Waals surface area contributed by atoms with Crippen LogP contribution in [0.1, 0.15) is 64.1 Å². The minimum Gasteiger partial charge on any atom is -0.467 e. The van der Waals surface area contributed by atoms with Crippen LogP contribution in [-0.4, -0.2) is 48.2 Å². The number of aliphatic hydroxyl groups excluding tert-OH is 1. The number of esters is 1. The molecule has 168 valence electrons. The zero-order valence-corrected chi connectivity index (χ0v) is 18.6. The van der Waals surface area contributed by atoms with Gasteiger partial charge in [0.1, 0.15) is 12.1 Å². The van der Waals surface area contributed by atoms with E-state index < -0.39 is 42.0 Å². The Morgan fingerprint density at radius 3 is 1.97 bits per heavy atom. The van der Waals surface area contributed by atoms with E-state index in [9.17, 15) is 19.5 Å². The highest BCUT2D eigenvalue weighted by Crippen LogP contribution is 2.19. The van der Waals surface area contributed by atoms with Crippen molar-refractivity contribution >= 4 is 17.8 Å². The second-order valence-electron chi connectivity index (χ2n) is 8.24. The lowest BCUT2D eigenvalue weighted by Crippen LogP contribution is -2.53. The van der Waals surface area contributed by atoms with Crippen molar-refractivity contribution in [3.05, 3.63) is 35.4 Å². The standard InChI is InChI=1S/C22H35N3O5/c1-12(2)11-17(22(29)30-6)25-20(27)14(5)24-21(28)19(26)18(23)16-9-7-15(8-10-16)13(3)4/h7-10,12-14,17-19,26H,11,23H2,1-6H3,(H,24,28)(H,25,27). The normalized spacial score (nSPS) is 15.3. The van der Waals surface area contributed by atoms with E-state index in [4.69, 9.17) is 10.5 Å². The topological polar surface area (TPSA) is 131 Å². The number of carbonyl (C=O) groups is 3. The molecule has 0 fully saturated rings. The van der Waals surface area contributed by atoms with Crippen LogP contribution in [0, 0.1) is 5.92 Å². The molecule has 4 unspecified atom stereocenters. The zero-order chi connectivity index (χ0) is 23.0. The molecular weight excluding hydrogens is 386 g/mol. The summed E-state index contributed by atoms with van der Waals surface area (Å²) < 4.78 is 4.72. The van der Waals surface area contributed by atoms with Gasteiger partial charge in [-0.05, 0) is 36.3 Å². The van der Waals surface area contributed by atoms with E-state index in [2.05, 4.69) is 24.5 Å². The summed E-state index contributed by atoms with van der Waals surface area (Å²) in [4.78, 5) is 36.7. The van der Waals surface area contributed by atoms with Gasteiger partial charge in [0, 0.05) is 0 Å². The van der Waals surface area contributed by atoms with Crippen molar-refractivity contribution in [2.75, 3.05) is 7.11 Å². The van der Waals surface area contributed by atoms with Crippen molar-refractivity contribution < 1.29 is 24.2 Å². The van der Waals surface area contributed by atoms with E-state index in [-0.39, 0.29) is 5.92 Å². The number of carbonyl (C=O) groups excluding carboxylic acids is 3. The van der Waals surface area contributed by atoms with Gasteiger partial charge in [-0.25, -0.2) is 4.79 Å². The van der Waals surface area contributed by atoms with E-state index in [0.717, 1.165) is 5.56 Å². The monoisotopic (exact) mass is 421 g/mol. The summed E-state index contributed by atoms with van der Waals surface area (Å²) in [6.07, 6.45) is -1.13. The van der Waals surface area contributed by atoms with Gasteiger partial charge >= 0.3 is 5.97 Å². The number of hydrogen-bond acceptors (Lipinski definition) is 6. The predicted molar refractivity (Wildman–Crippen MR) is 114 cm³/mol. The van der Waals surface area contributed by atoms with E-state index in [1.54, 1.807) is 12.1 Å². The van der Waals surface area contributed by atoms with E-state index in [1.165, 1.54) is 14.0 Å².